The number of aryl methyl sites for hydroxylation is 1. The molecule has 1 aliphatic heterocycles. The molecule has 1 aliphatic rings. The summed E-state index contributed by atoms with van der Waals surface area (Å²) in [6, 6.07) is 10.3. The number of amides is 1. The van der Waals surface area contributed by atoms with E-state index < -0.39 is 5.92 Å². The summed E-state index contributed by atoms with van der Waals surface area (Å²) >= 11 is 5.82. The smallest absolute Gasteiger partial charge is 0.226 e. The highest BCUT2D eigenvalue weighted by Crippen LogP contribution is 2.39. The van der Waals surface area contributed by atoms with Gasteiger partial charge in [-0.1, -0.05) is 23.7 Å². The van der Waals surface area contributed by atoms with Crippen molar-refractivity contribution in [2.24, 2.45) is 0 Å². The number of para-hydroxylation sites is 1. The maximum Gasteiger partial charge on any atom is 0.226 e. The summed E-state index contributed by atoms with van der Waals surface area (Å²) in [7, 11) is 0. The number of anilines is 1. The van der Waals surface area contributed by atoms with Gasteiger partial charge >= 0.3 is 0 Å². The van der Waals surface area contributed by atoms with E-state index in [0.29, 0.717) is 33.9 Å². The van der Waals surface area contributed by atoms with Crippen LogP contribution in [0.15, 0.2) is 51.9 Å². The van der Waals surface area contributed by atoms with Crippen LogP contribution in [0.4, 0.5) is 5.82 Å². The minimum atomic E-state index is -0.478. The molecule has 0 aliphatic carbocycles. The lowest BCUT2D eigenvalue weighted by molar-refractivity contribution is -0.116. The van der Waals surface area contributed by atoms with Crippen molar-refractivity contribution in [3.05, 3.63) is 74.9 Å². The number of hydrogen-bond donors (Lipinski definition) is 1. The van der Waals surface area contributed by atoms with Crippen LogP contribution in [0.1, 0.15) is 29.2 Å². The minimum Gasteiger partial charge on any atom is -0.464 e. The second kappa shape index (κ2) is 6.52. The van der Waals surface area contributed by atoms with Gasteiger partial charge in [-0.15, -0.1) is 10.2 Å². The van der Waals surface area contributed by atoms with Crippen molar-refractivity contribution >= 4 is 34.3 Å². The molecule has 4 aromatic rings. The molecule has 0 saturated heterocycles. The van der Waals surface area contributed by atoms with Crippen LogP contribution in [0.5, 0.6) is 0 Å². The van der Waals surface area contributed by atoms with Crippen molar-refractivity contribution in [3.8, 4) is 5.82 Å². The van der Waals surface area contributed by atoms with Crippen LogP contribution in [0.25, 0.3) is 16.8 Å². The molecule has 0 unspecified atom stereocenters. The molecule has 4 heterocycles. The van der Waals surface area contributed by atoms with Gasteiger partial charge < -0.3 is 9.73 Å². The van der Waals surface area contributed by atoms with Crippen molar-refractivity contribution in [2.75, 3.05) is 5.32 Å². The van der Waals surface area contributed by atoms with E-state index in [4.69, 9.17) is 16.0 Å². The molecule has 1 aromatic carbocycles. The second-order valence-corrected chi connectivity index (χ2v) is 7.18. The maximum absolute atomic E-state index is 13.1. The van der Waals surface area contributed by atoms with Crippen molar-refractivity contribution < 1.29 is 9.21 Å². The number of halogens is 1. The molecule has 1 amide bonds. The molecule has 0 fully saturated rings. The first-order valence-corrected chi connectivity index (χ1v) is 9.30. The molecule has 3 aromatic heterocycles. The van der Waals surface area contributed by atoms with Crippen molar-refractivity contribution in [3.63, 3.8) is 0 Å². The SMILES string of the molecule is Cc1nn(-c2ccc(Cl)nn2)c2c1[C@@H](c1coc3ccccc3c1=O)CC(=O)N2. The number of fused-ring (bicyclic) bond motifs is 2. The van der Waals surface area contributed by atoms with Gasteiger partial charge in [-0.3, -0.25) is 9.59 Å². The third kappa shape index (κ3) is 2.80. The van der Waals surface area contributed by atoms with Gasteiger partial charge in [0.25, 0.3) is 0 Å². The summed E-state index contributed by atoms with van der Waals surface area (Å²) in [5.41, 5.74) is 2.20. The maximum atomic E-state index is 13.1. The van der Waals surface area contributed by atoms with Crippen LogP contribution < -0.4 is 10.7 Å². The van der Waals surface area contributed by atoms with E-state index in [-0.39, 0.29) is 22.9 Å². The molecule has 0 saturated carbocycles. The van der Waals surface area contributed by atoms with E-state index in [1.165, 1.54) is 10.9 Å². The lowest BCUT2D eigenvalue weighted by Gasteiger charge is -2.23. The molecule has 1 N–H and O–H groups in total. The molecule has 144 valence electrons. The fourth-order valence-corrected chi connectivity index (χ4v) is 3.83. The molecule has 1 atom stereocenters. The Hall–Kier alpha value is -3.52. The third-order valence-corrected chi connectivity index (χ3v) is 5.22. The number of aromatic nitrogens is 4. The lowest BCUT2D eigenvalue weighted by Crippen LogP contribution is -2.27. The Kier molecular flexibility index (Phi) is 3.95. The highest BCUT2D eigenvalue weighted by atomic mass is 35.5. The van der Waals surface area contributed by atoms with E-state index in [9.17, 15) is 9.59 Å². The van der Waals surface area contributed by atoms with Gasteiger partial charge in [0.1, 0.15) is 11.4 Å². The standard InChI is InChI=1S/C20H14ClN5O3/c1-10-18-12(13-9-29-14-5-3-2-4-11(14)19(13)28)8-17(27)22-20(18)26(25-10)16-7-6-15(21)23-24-16/h2-7,9,12H,8H2,1H3,(H,22,27)/t12-/m1/s1. The average Bonchev–Trinajstić information content (AvgIpc) is 3.05. The normalized spacial score (nSPS) is 15.9. The second-order valence-electron chi connectivity index (χ2n) is 6.79. The van der Waals surface area contributed by atoms with Gasteiger partial charge in [-0.25, -0.2) is 0 Å². The van der Waals surface area contributed by atoms with Gasteiger partial charge in [0.2, 0.25) is 5.91 Å². The van der Waals surface area contributed by atoms with Gasteiger partial charge in [0.05, 0.1) is 17.3 Å². The van der Waals surface area contributed by atoms with Crippen molar-refractivity contribution in [1.82, 2.24) is 20.0 Å². The van der Waals surface area contributed by atoms with Crippen LogP contribution in [-0.4, -0.2) is 25.9 Å². The molecular weight excluding hydrogens is 394 g/mol. The topological polar surface area (TPSA) is 103 Å². The quantitative estimate of drug-likeness (QED) is 0.547. The summed E-state index contributed by atoms with van der Waals surface area (Å²) < 4.78 is 7.18. The van der Waals surface area contributed by atoms with E-state index in [1.807, 2.05) is 6.92 Å². The van der Waals surface area contributed by atoms with Crippen LogP contribution in [0, 0.1) is 6.92 Å². The van der Waals surface area contributed by atoms with Gasteiger partial charge in [-0.2, -0.15) is 9.78 Å². The van der Waals surface area contributed by atoms with Gasteiger partial charge in [-0.05, 0) is 31.2 Å². The van der Waals surface area contributed by atoms with Crippen LogP contribution >= 0.6 is 11.6 Å². The van der Waals surface area contributed by atoms with Gasteiger partial charge in [0, 0.05) is 23.5 Å². The predicted octanol–water partition coefficient (Wildman–Crippen LogP) is 3.20. The first-order valence-electron chi connectivity index (χ1n) is 8.92. The number of rotatable bonds is 2. The Morgan fingerprint density at radius 3 is 2.79 bits per heavy atom. The minimum absolute atomic E-state index is 0.120. The zero-order valence-electron chi connectivity index (χ0n) is 15.2. The van der Waals surface area contributed by atoms with Crippen molar-refractivity contribution in [1.29, 1.82) is 0 Å². The Bertz CT molecular complexity index is 1330. The van der Waals surface area contributed by atoms with E-state index in [1.54, 1.807) is 36.4 Å². The fraction of sp³-hybridized carbons (Fsp3) is 0.150. The number of nitrogens with zero attached hydrogens (tertiary/aromatic N) is 4. The monoisotopic (exact) mass is 407 g/mol. The molecule has 0 spiro atoms. The number of nitrogens with one attached hydrogen (secondary N) is 1. The van der Waals surface area contributed by atoms with Crippen LogP contribution in [-0.2, 0) is 4.79 Å². The summed E-state index contributed by atoms with van der Waals surface area (Å²) in [6.45, 7) is 1.83. The first kappa shape index (κ1) is 17.6. The van der Waals surface area contributed by atoms with Gasteiger partial charge in [0.15, 0.2) is 16.4 Å². The average molecular weight is 408 g/mol. The molecule has 8 nitrogen and oxygen atoms in total. The zero-order valence-corrected chi connectivity index (χ0v) is 16.0. The number of hydrogen-bond acceptors (Lipinski definition) is 6. The molecule has 0 bridgehead atoms. The predicted molar refractivity (Wildman–Crippen MR) is 106 cm³/mol. The Balaban J connectivity index is 1.71. The molecular formula is C20H14ClN5O3. The van der Waals surface area contributed by atoms with E-state index in [2.05, 4.69) is 20.6 Å². The Morgan fingerprint density at radius 1 is 1.17 bits per heavy atom. The number of benzene rings is 1. The van der Waals surface area contributed by atoms with E-state index >= 15 is 0 Å². The Morgan fingerprint density at radius 2 is 2.00 bits per heavy atom. The summed E-state index contributed by atoms with van der Waals surface area (Å²) in [4.78, 5) is 25.6. The van der Waals surface area contributed by atoms with Crippen LogP contribution in [0.3, 0.4) is 0 Å². The highest BCUT2D eigenvalue weighted by Gasteiger charge is 2.34. The van der Waals surface area contributed by atoms with Crippen molar-refractivity contribution in [2.45, 2.75) is 19.3 Å². The third-order valence-electron chi connectivity index (χ3n) is 5.02. The molecule has 29 heavy (non-hydrogen) atoms. The highest BCUT2D eigenvalue weighted by molar-refractivity contribution is 6.29. The molecule has 9 heteroatoms. The molecule has 0 radical (unpaired) electrons. The summed E-state index contributed by atoms with van der Waals surface area (Å²) in [6.07, 6.45) is 1.56. The first-order chi connectivity index (χ1) is 14.0. The lowest BCUT2D eigenvalue weighted by atomic mass is 9.86. The summed E-state index contributed by atoms with van der Waals surface area (Å²) in [5.74, 6) is 0.171. The van der Waals surface area contributed by atoms with E-state index in [0.717, 1.165) is 5.56 Å². The largest absolute Gasteiger partial charge is 0.464 e. The molecule has 5 rings (SSSR count). The van der Waals surface area contributed by atoms with Crippen LogP contribution in [0.2, 0.25) is 5.15 Å². The fourth-order valence-electron chi connectivity index (χ4n) is 3.73. The zero-order chi connectivity index (χ0) is 20.1. The number of carbonyl (C=O) groups excluding carboxylic acids is 1. The summed E-state index contributed by atoms with van der Waals surface area (Å²) in [5, 5.41) is 16.0. The Labute approximate surface area is 169 Å². The number of carbonyl (C=O) groups is 1.